The van der Waals surface area contributed by atoms with Crippen LogP contribution in [0.15, 0.2) is 67.1 Å². The van der Waals surface area contributed by atoms with Crippen molar-refractivity contribution in [1.29, 1.82) is 0 Å². The van der Waals surface area contributed by atoms with Crippen molar-refractivity contribution in [3.63, 3.8) is 0 Å². The van der Waals surface area contributed by atoms with Crippen LogP contribution in [0.2, 0.25) is 0 Å². The van der Waals surface area contributed by atoms with Gasteiger partial charge >= 0.3 is 6.18 Å². The van der Waals surface area contributed by atoms with Gasteiger partial charge in [-0.05, 0) is 61.5 Å². The normalized spacial score (nSPS) is 14.5. The summed E-state index contributed by atoms with van der Waals surface area (Å²) in [6, 6.07) is 14.7. The molecule has 0 atom stereocenters. The van der Waals surface area contributed by atoms with Gasteiger partial charge in [0.2, 0.25) is 0 Å². The molecule has 4 aromatic rings. The standard InChI is InChI=1S/C31H28F3N5O/c1-21-6-7-24(16-23(21)9-8-22-4-3-5-29-27(22)18-35-20-36-29)30(40)37-26-11-10-25(28(17-26)31(32,33)34)19-39-14-12-38(2)13-15-39/h3-7,10-11,16-18,20H,12-15,19H2,1-2H3,(H,37,40). The first-order valence-corrected chi connectivity index (χ1v) is 12.9. The largest absolute Gasteiger partial charge is 0.416 e. The highest BCUT2D eigenvalue weighted by Crippen LogP contribution is 2.34. The molecule has 1 amide bonds. The van der Waals surface area contributed by atoms with Gasteiger partial charge < -0.3 is 10.2 Å². The molecular formula is C31H28F3N5O. The average Bonchev–Trinajstić information content (AvgIpc) is 2.94. The fraction of sp³-hybridized carbons (Fsp3) is 0.258. The number of carbonyl (C=O) groups excluding carboxylic acids is 1. The molecule has 1 fully saturated rings. The van der Waals surface area contributed by atoms with Gasteiger partial charge in [0.05, 0.1) is 11.1 Å². The van der Waals surface area contributed by atoms with Crippen molar-refractivity contribution in [3.05, 3.63) is 101 Å². The molecular weight excluding hydrogens is 515 g/mol. The fourth-order valence-electron chi connectivity index (χ4n) is 4.65. The molecule has 1 aliphatic heterocycles. The molecule has 1 N–H and O–H groups in total. The minimum absolute atomic E-state index is 0.0865. The van der Waals surface area contributed by atoms with Crippen molar-refractivity contribution in [1.82, 2.24) is 19.8 Å². The van der Waals surface area contributed by atoms with Crippen LogP contribution in [0, 0.1) is 18.8 Å². The van der Waals surface area contributed by atoms with E-state index in [0.717, 1.165) is 41.2 Å². The number of anilines is 1. The highest BCUT2D eigenvalue weighted by Gasteiger charge is 2.34. The van der Waals surface area contributed by atoms with E-state index in [0.29, 0.717) is 24.2 Å². The fourth-order valence-corrected chi connectivity index (χ4v) is 4.65. The number of piperazine rings is 1. The third-order valence-corrected chi connectivity index (χ3v) is 7.04. The molecule has 1 saturated heterocycles. The third kappa shape index (κ3) is 6.30. The monoisotopic (exact) mass is 543 g/mol. The summed E-state index contributed by atoms with van der Waals surface area (Å²) in [6.45, 7) is 5.13. The van der Waals surface area contributed by atoms with Gasteiger partial charge in [0.15, 0.2) is 0 Å². The Bertz CT molecular complexity index is 1610. The molecule has 0 spiro atoms. The lowest BCUT2D eigenvalue weighted by atomic mass is 10.0. The lowest BCUT2D eigenvalue weighted by molar-refractivity contribution is -0.138. The molecule has 0 radical (unpaired) electrons. The second-order valence-electron chi connectivity index (χ2n) is 9.94. The molecule has 1 aromatic heterocycles. The molecule has 5 rings (SSSR count). The average molecular weight is 544 g/mol. The summed E-state index contributed by atoms with van der Waals surface area (Å²) >= 11 is 0. The van der Waals surface area contributed by atoms with Crippen molar-refractivity contribution >= 4 is 22.5 Å². The lowest BCUT2D eigenvalue weighted by Crippen LogP contribution is -2.44. The Morgan fingerprint density at radius 1 is 1.00 bits per heavy atom. The highest BCUT2D eigenvalue weighted by molar-refractivity contribution is 6.04. The summed E-state index contributed by atoms with van der Waals surface area (Å²) in [7, 11) is 2.00. The van der Waals surface area contributed by atoms with Gasteiger partial charge in [-0.3, -0.25) is 9.69 Å². The minimum Gasteiger partial charge on any atom is -0.322 e. The Labute approximate surface area is 230 Å². The summed E-state index contributed by atoms with van der Waals surface area (Å²) < 4.78 is 41.9. The van der Waals surface area contributed by atoms with Gasteiger partial charge in [-0.2, -0.15) is 13.2 Å². The number of halogens is 3. The van der Waals surface area contributed by atoms with Gasteiger partial charge in [0.25, 0.3) is 5.91 Å². The van der Waals surface area contributed by atoms with E-state index in [1.807, 2.05) is 37.1 Å². The molecule has 0 saturated carbocycles. The first-order chi connectivity index (χ1) is 19.2. The summed E-state index contributed by atoms with van der Waals surface area (Å²) in [5.74, 6) is 5.74. The number of amides is 1. The molecule has 6 nitrogen and oxygen atoms in total. The molecule has 0 aliphatic carbocycles. The second kappa shape index (κ2) is 11.5. The summed E-state index contributed by atoms with van der Waals surface area (Å²) in [4.78, 5) is 25.5. The lowest BCUT2D eigenvalue weighted by Gasteiger charge is -2.33. The first-order valence-electron chi connectivity index (χ1n) is 12.9. The Balaban J connectivity index is 1.36. The molecule has 2 heterocycles. The van der Waals surface area contributed by atoms with E-state index < -0.39 is 17.6 Å². The number of nitrogens with zero attached hydrogens (tertiary/aromatic N) is 4. The number of carbonyl (C=O) groups is 1. The zero-order valence-electron chi connectivity index (χ0n) is 22.2. The third-order valence-electron chi connectivity index (χ3n) is 7.04. The van der Waals surface area contributed by atoms with Crippen molar-refractivity contribution in [2.75, 3.05) is 38.5 Å². The van der Waals surface area contributed by atoms with Crippen LogP contribution < -0.4 is 5.32 Å². The number of likely N-dealkylation sites (N-methyl/N-ethyl adjacent to an activating group) is 1. The van der Waals surface area contributed by atoms with Gasteiger partial charge in [0.1, 0.15) is 6.33 Å². The summed E-state index contributed by atoms with van der Waals surface area (Å²) in [6.07, 6.45) is -1.36. The van der Waals surface area contributed by atoms with Crippen LogP contribution in [0.25, 0.3) is 10.9 Å². The van der Waals surface area contributed by atoms with Crippen LogP contribution >= 0.6 is 0 Å². The molecule has 3 aromatic carbocycles. The van der Waals surface area contributed by atoms with E-state index >= 15 is 0 Å². The van der Waals surface area contributed by atoms with E-state index in [9.17, 15) is 18.0 Å². The molecule has 0 unspecified atom stereocenters. The van der Waals surface area contributed by atoms with Crippen molar-refractivity contribution in [2.45, 2.75) is 19.6 Å². The number of fused-ring (bicyclic) bond motifs is 1. The van der Waals surface area contributed by atoms with E-state index in [-0.39, 0.29) is 17.8 Å². The van der Waals surface area contributed by atoms with E-state index in [2.05, 4.69) is 32.0 Å². The molecule has 204 valence electrons. The SMILES string of the molecule is Cc1ccc(C(=O)Nc2ccc(CN3CCN(C)CC3)c(C(F)(F)F)c2)cc1C#Cc1cccc2ncncc12. The van der Waals surface area contributed by atoms with Crippen molar-refractivity contribution < 1.29 is 18.0 Å². The predicted octanol–water partition coefficient (Wildman–Crippen LogP) is 5.36. The maximum atomic E-state index is 14.0. The quantitative estimate of drug-likeness (QED) is 0.352. The number of benzene rings is 3. The number of rotatable bonds is 4. The number of hydrogen-bond donors (Lipinski definition) is 1. The Kier molecular flexibility index (Phi) is 7.83. The van der Waals surface area contributed by atoms with Crippen LogP contribution in [0.3, 0.4) is 0 Å². The number of nitrogens with one attached hydrogen (secondary N) is 1. The maximum absolute atomic E-state index is 14.0. The van der Waals surface area contributed by atoms with Gasteiger partial charge in [0, 0.05) is 66.7 Å². The first kappa shape index (κ1) is 27.3. The number of alkyl halides is 3. The molecule has 9 heteroatoms. The summed E-state index contributed by atoms with van der Waals surface area (Å²) in [5, 5.41) is 3.45. The summed E-state index contributed by atoms with van der Waals surface area (Å²) in [5.41, 5.74) is 2.88. The van der Waals surface area contributed by atoms with E-state index in [1.54, 1.807) is 24.4 Å². The van der Waals surface area contributed by atoms with Gasteiger partial charge in [-0.25, -0.2) is 9.97 Å². The van der Waals surface area contributed by atoms with E-state index in [1.165, 1.54) is 18.5 Å². The zero-order valence-corrected chi connectivity index (χ0v) is 22.2. The Morgan fingerprint density at radius 3 is 2.55 bits per heavy atom. The molecule has 40 heavy (non-hydrogen) atoms. The van der Waals surface area contributed by atoms with E-state index in [4.69, 9.17) is 0 Å². The molecule has 0 bridgehead atoms. The van der Waals surface area contributed by atoms with Crippen molar-refractivity contribution in [3.8, 4) is 11.8 Å². The second-order valence-corrected chi connectivity index (χ2v) is 9.94. The van der Waals surface area contributed by atoms with Crippen LogP contribution in [-0.4, -0.2) is 58.9 Å². The van der Waals surface area contributed by atoms with Crippen LogP contribution in [0.1, 0.15) is 38.2 Å². The van der Waals surface area contributed by atoms with Crippen molar-refractivity contribution in [2.24, 2.45) is 0 Å². The minimum atomic E-state index is -4.54. The van der Waals surface area contributed by atoms with Crippen LogP contribution in [0.5, 0.6) is 0 Å². The Hall–Kier alpha value is -4.26. The smallest absolute Gasteiger partial charge is 0.322 e. The predicted molar refractivity (Wildman–Crippen MR) is 149 cm³/mol. The van der Waals surface area contributed by atoms with Gasteiger partial charge in [-0.1, -0.05) is 30.0 Å². The Morgan fingerprint density at radius 2 is 1.77 bits per heavy atom. The maximum Gasteiger partial charge on any atom is 0.416 e. The number of aryl methyl sites for hydroxylation is 1. The number of hydrogen-bond acceptors (Lipinski definition) is 5. The highest BCUT2D eigenvalue weighted by atomic mass is 19.4. The topological polar surface area (TPSA) is 61.4 Å². The van der Waals surface area contributed by atoms with Crippen LogP contribution in [0.4, 0.5) is 18.9 Å². The zero-order chi connectivity index (χ0) is 28.3. The number of aromatic nitrogens is 2. The van der Waals surface area contributed by atoms with Crippen LogP contribution in [-0.2, 0) is 12.7 Å². The molecule has 1 aliphatic rings. The van der Waals surface area contributed by atoms with Gasteiger partial charge in [-0.15, -0.1) is 0 Å².